The van der Waals surface area contributed by atoms with Gasteiger partial charge in [-0.2, -0.15) is 0 Å². The molecule has 0 aromatic carbocycles. The fourth-order valence-corrected chi connectivity index (χ4v) is 2.49. The van der Waals surface area contributed by atoms with E-state index in [-0.39, 0.29) is 6.42 Å². The molecule has 0 radical (unpaired) electrons. The second kappa shape index (κ2) is 4.61. The van der Waals surface area contributed by atoms with E-state index in [1.165, 1.54) is 22.5 Å². The molecule has 16 heavy (non-hydrogen) atoms. The van der Waals surface area contributed by atoms with Gasteiger partial charge < -0.3 is 5.11 Å². The van der Waals surface area contributed by atoms with Gasteiger partial charge in [0.25, 0.3) is 0 Å². The maximum atomic E-state index is 10.5. The van der Waals surface area contributed by atoms with Crippen LogP contribution in [0.1, 0.15) is 30.5 Å². The van der Waals surface area contributed by atoms with Gasteiger partial charge in [0.2, 0.25) is 0 Å². The summed E-state index contributed by atoms with van der Waals surface area (Å²) in [6, 6.07) is 0. The van der Waals surface area contributed by atoms with Crippen molar-refractivity contribution in [1.29, 1.82) is 0 Å². The van der Waals surface area contributed by atoms with Crippen LogP contribution < -0.4 is 0 Å². The minimum atomic E-state index is -0.829. The Labute approximate surface area is 98.1 Å². The van der Waals surface area contributed by atoms with Crippen molar-refractivity contribution >= 4 is 22.9 Å². The third-order valence-corrected chi connectivity index (χ3v) is 3.48. The van der Waals surface area contributed by atoms with Gasteiger partial charge in [-0.25, -0.2) is 4.98 Å². The quantitative estimate of drug-likeness (QED) is 0.876. The van der Waals surface area contributed by atoms with Gasteiger partial charge in [-0.05, 0) is 25.3 Å². The molecule has 1 aromatic rings. The van der Waals surface area contributed by atoms with E-state index < -0.39 is 5.97 Å². The van der Waals surface area contributed by atoms with Crippen molar-refractivity contribution in [3.63, 3.8) is 0 Å². The molecule has 4 heteroatoms. The Hall–Kier alpha value is -1.42. The fourth-order valence-electron chi connectivity index (χ4n) is 1.61. The van der Waals surface area contributed by atoms with E-state index in [0.29, 0.717) is 5.69 Å². The first-order valence-corrected chi connectivity index (χ1v) is 6.06. The number of hydrogen-bond donors (Lipinski definition) is 1. The van der Waals surface area contributed by atoms with Crippen LogP contribution in [0.25, 0.3) is 5.57 Å². The molecule has 0 unspecified atom stereocenters. The molecule has 1 aliphatic carbocycles. The standard InChI is InChI=1S/C12H13NO2S/c1-8-2-4-9(5-3-8)12-13-10(7-16-12)6-11(14)15/h2,4,7H,3,5-6H2,1H3,(H,14,15). The Balaban J connectivity index is 2.16. The summed E-state index contributed by atoms with van der Waals surface area (Å²) in [7, 11) is 0. The Morgan fingerprint density at radius 2 is 2.31 bits per heavy atom. The third-order valence-electron chi connectivity index (χ3n) is 2.52. The van der Waals surface area contributed by atoms with Gasteiger partial charge in [0, 0.05) is 5.38 Å². The van der Waals surface area contributed by atoms with Crippen molar-refractivity contribution in [3.05, 3.63) is 33.8 Å². The largest absolute Gasteiger partial charge is 0.481 e. The number of aliphatic carboxylic acids is 1. The highest BCUT2D eigenvalue weighted by atomic mass is 32.1. The first-order valence-electron chi connectivity index (χ1n) is 5.18. The Bertz CT molecular complexity index is 471. The highest BCUT2D eigenvalue weighted by molar-refractivity contribution is 7.10. The number of carboxylic acids is 1. The van der Waals surface area contributed by atoms with Gasteiger partial charge in [0.1, 0.15) is 5.01 Å². The molecule has 0 aliphatic heterocycles. The first kappa shape index (κ1) is 11.1. The van der Waals surface area contributed by atoms with Crippen LogP contribution in [0.15, 0.2) is 23.1 Å². The van der Waals surface area contributed by atoms with E-state index >= 15 is 0 Å². The van der Waals surface area contributed by atoms with Crippen LogP contribution in [0.5, 0.6) is 0 Å². The maximum absolute atomic E-state index is 10.5. The monoisotopic (exact) mass is 235 g/mol. The Kier molecular flexibility index (Phi) is 3.19. The summed E-state index contributed by atoms with van der Waals surface area (Å²) in [5.41, 5.74) is 3.25. The number of thiazole rings is 1. The maximum Gasteiger partial charge on any atom is 0.309 e. The molecular weight excluding hydrogens is 222 g/mol. The van der Waals surface area contributed by atoms with Crippen LogP contribution in [-0.4, -0.2) is 16.1 Å². The number of nitrogens with zero attached hydrogens (tertiary/aromatic N) is 1. The average molecular weight is 235 g/mol. The van der Waals surface area contributed by atoms with Crippen LogP contribution in [0, 0.1) is 0 Å². The molecule has 2 rings (SSSR count). The van der Waals surface area contributed by atoms with Crippen LogP contribution in [0.3, 0.4) is 0 Å². The van der Waals surface area contributed by atoms with E-state index in [0.717, 1.165) is 17.8 Å². The summed E-state index contributed by atoms with van der Waals surface area (Å²) in [5.74, 6) is -0.829. The van der Waals surface area contributed by atoms with E-state index in [9.17, 15) is 4.79 Å². The molecule has 1 heterocycles. The molecule has 1 aromatic heterocycles. The van der Waals surface area contributed by atoms with E-state index in [1.54, 1.807) is 0 Å². The molecular formula is C12H13NO2S. The molecule has 0 saturated carbocycles. The highest BCUT2D eigenvalue weighted by Crippen LogP contribution is 2.28. The van der Waals surface area contributed by atoms with Gasteiger partial charge in [-0.3, -0.25) is 4.79 Å². The van der Waals surface area contributed by atoms with Gasteiger partial charge in [-0.1, -0.05) is 17.7 Å². The van der Waals surface area contributed by atoms with Gasteiger partial charge in [-0.15, -0.1) is 11.3 Å². The Morgan fingerprint density at radius 3 is 2.94 bits per heavy atom. The molecule has 0 spiro atoms. The van der Waals surface area contributed by atoms with Crippen LogP contribution in [0.2, 0.25) is 0 Å². The topological polar surface area (TPSA) is 50.2 Å². The smallest absolute Gasteiger partial charge is 0.309 e. The van der Waals surface area contributed by atoms with Gasteiger partial charge in [0.15, 0.2) is 0 Å². The van der Waals surface area contributed by atoms with E-state index in [1.807, 2.05) is 5.38 Å². The number of allylic oxidation sites excluding steroid dienone is 4. The molecule has 0 saturated heterocycles. The van der Waals surface area contributed by atoms with Gasteiger partial charge >= 0.3 is 5.97 Å². The summed E-state index contributed by atoms with van der Waals surface area (Å²) in [6.07, 6.45) is 6.28. The zero-order valence-corrected chi connectivity index (χ0v) is 9.88. The van der Waals surface area contributed by atoms with E-state index in [4.69, 9.17) is 5.11 Å². The molecule has 0 bridgehead atoms. The molecule has 1 N–H and O–H groups in total. The Morgan fingerprint density at radius 1 is 1.50 bits per heavy atom. The summed E-state index contributed by atoms with van der Waals surface area (Å²) in [5, 5.41) is 11.4. The van der Waals surface area contributed by atoms with Crippen molar-refractivity contribution in [1.82, 2.24) is 4.98 Å². The predicted octanol–water partition coefficient (Wildman–Crippen LogP) is 2.89. The lowest BCUT2D eigenvalue weighted by Crippen LogP contribution is -2.00. The molecule has 84 valence electrons. The normalized spacial score (nSPS) is 15.6. The molecule has 0 amide bonds. The minimum Gasteiger partial charge on any atom is -0.481 e. The van der Waals surface area contributed by atoms with Crippen molar-refractivity contribution in [2.75, 3.05) is 0 Å². The molecule has 1 aliphatic rings. The summed E-state index contributed by atoms with van der Waals surface area (Å²) < 4.78 is 0. The summed E-state index contributed by atoms with van der Waals surface area (Å²) >= 11 is 1.53. The second-order valence-electron chi connectivity index (χ2n) is 3.92. The third kappa shape index (κ3) is 2.58. The molecule has 3 nitrogen and oxygen atoms in total. The number of carboxylic acid groups (broad SMARTS) is 1. The van der Waals surface area contributed by atoms with Crippen molar-refractivity contribution in [2.45, 2.75) is 26.2 Å². The van der Waals surface area contributed by atoms with Crippen molar-refractivity contribution in [3.8, 4) is 0 Å². The fraction of sp³-hybridized carbons (Fsp3) is 0.333. The van der Waals surface area contributed by atoms with Crippen molar-refractivity contribution < 1.29 is 9.90 Å². The number of carbonyl (C=O) groups is 1. The summed E-state index contributed by atoms with van der Waals surface area (Å²) in [6.45, 7) is 2.12. The van der Waals surface area contributed by atoms with E-state index in [2.05, 4.69) is 24.1 Å². The van der Waals surface area contributed by atoms with Gasteiger partial charge in [0.05, 0.1) is 12.1 Å². The second-order valence-corrected chi connectivity index (χ2v) is 4.78. The lowest BCUT2D eigenvalue weighted by Gasteiger charge is -2.08. The summed E-state index contributed by atoms with van der Waals surface area (Å²) in [4.78, 5) is 14.9. The lowest BCUT2D eigenvalue weighted by molar-refractivity contribution is -0.136. The molecule has 0 fully saturated rings. The first-order chi connectivity index (χ1) is 7.65. The average Bonchev–Trinajstić information content (AvgIpc) is 2.66. The zero-order valence-electron chi connectivity index (χ0n) is 9.06. The minimum absolute atomic E-state index is 0.0125. The number of hydrogen-bond acceptors (Lipinski definition) is 3. The zero-order chi connectivity index (χ0) is 11.5. The lowest BCUT2D eigenvalue weighted by atomic mass is 10.0. The number of aromatic nitrogens is 1. The van der Waals surface area contributed by atoms with Crippen molar-refractivity contribution in [2.24, 2.45) is 0 Å². The van der Waals surface area contributed by atoms with Crippen LogP contribution >= 0.6 is 11.3 Å². The molecule has 0 atom stereocenters. The number of rotatable bonds is 3. The highest BCUT2D eigenvalue weighted by Gasteiger charge is 2.11. The van der Waals surface area contributed by atoms with Crippen LogP contribution in [-0.2, 0) is 11.2 Å². The predicted molar refractivity (Wildman–Crippen MR) is 64.4 cm³/mol. The SMILES string of the molecule is CC1=CC=C(c2nc(CC(=O)O)cs2)CC1. The van der Waals surface area contributed by atoms with Crippen LogP contribution in [0.4, 0.5) is 0 Å².